The third-order valence-electron chi connectivity index (χ3n) is 4.03. The molecule has 1 heterocycles. The highest BCUT2D eigenvalue weighted by molar-refractivity contribution is 5.96. The number of aryl methyl sites for hydroxylation is 1. The first-order valence-corrected chi connectivity index (χ1v) is 7.50. The molecule has 1 fully saturated rings. The van der Waals surface area contributed by atoms with E-state index in [1.54, 1.807) is 11.6 Å². The topological polar surface area (TPSA) is 97.1 Å². The Labute approximate surface area is 133 Å². The molecule has 1 aromatic carbocycles. The van der Waals surface area contributed by atoms with Crippen LogP contribution in [0.1, 0.15) is 34.6 Å². The average molecular weight is 314 g/mol. The first kappa shape index (κ1) is 15.2. The van der Waals surface area contributed by atoms with Gasteiger partial charge >= 0.3 is 5.97 Å². The summed E-state index contributed by atoms with van der Waals surface area (Å²) in [4.78, 5) is 23.6. The number of benzene rings is 1. The number of carbonyl (C=O) groups is 2. The highest BCUT2D eigenvalue weighted by atomic mass is 16.4. The fourth-order valence-corrected chi connectivity index (χ4v) is 2.49. The summed E-state index contributed by atoms with van der Waals surface area (Å²) in [7, 11) is 0. The zero-order valence-corrected chi connectivity index (χ0v) is 13.0. The lowest BCUT2D eigenvalue weighted by atomic mass is 10.1. The van der Waals surface area contributed by atoms with Crippen LogP contribution in [0.5, 0.6) is 0 Å². The van der Waals surface area contributed by atoms with Gasteiger partial charge in [-0.3, -0.25) is 4.79 Å². The van der Waals surface area contributed by atoms with Gasteiger partial charge in [0.25, 0.3) is 5.91 Å². The summed E-state index contributed by atoms with van der Waals surface area (Å²) in [5.41, 5.74) is 2.65. The largest absolute Gasteiger partial charge is 0.480 e. The standard InChI is InChI=1S/C16H18N4O3/c1-9-3-7-12(8-4-9)20-10(2)13(18-19-20)15(21)17-14(16(22)23)11-5-6-11/h3-4,7-8,11,14H,5-6H2,1-2H3,(H,17,21)(H,22,23). The van der Waals surface area contributed by atoms with Crippen molar-refractivity contribution >= 4 is 11.9 Å². The van der Waals surface area contributed by atoms with Crippen LogP contribution < -0.4 is 5.32 Å². The lowest BCUT2D eigenvalue weighted by molar-refractivity contribution is -0.139. The number of nitrogens with zero attached hydrogens (tertiary/aromatic N) is 3. The summed E-state index contributed by atoms with van der Waals surface area (Å²) in [6.07, 6.45) is 1.65. The van der Waals surface area contributed by atoms with Gasteiger partial charge in [-0.25, -0.2) is 9.48 Å². The van der Waals surface area contributed by atoms with E-state index in [9.17, 15) is 14.7 Å². The molecule has 0 spiro atoms. The fourth-order valence-electron chi connectivity index (χ4n) is 2.49. The van der Waals surface area contributed by atoms with Crippen molar-refractivity contribution in [1.29, 1.82) is 0 Å². The summed E-state index contributed by atoms with van der Waals surface area (Å²) >= 11 is 0. The van der Waals surface area contributed by atoms with E-state index in [1.165, 1.54) is 0 Å². The lowest BCUT2D eigenvalue weighted by Crippen LogP contribution is -2.42. The van der Waals surface area contributed by atoms with Crippen molar-refractivity contribution in [3.63, 3.8) is 0 Å². The SMILES string of the molecule is Cc1ccc(-n2nnc(C(=O)NC(C(=O)O)C3CC3)c2C)cc1. The minimum atomic E-state index is -1.01. The number of nitrogens with one attached hydrogen (secondary N) is 1. The molecule has 1 aromatic heterocycles. The van der Waals surface area contributed by atoms with E-state index in [0.717, 1.165) is 24.1 Å². The van der Waals surface area contributed by atoms with E-state index in [2.05, 4.69) is 15.6 Å². The van der Waals surface area contributed by atoms with Crippen LogP contribution >= 0.6 is 0 Å². The van der Waals surface area contributed by atoms with Crippen molar-refractivity contribution < 1.29 is 14.7 Å². The number of carbonyl (C=O) groups excluding carboxylic acids is 1. The third kappa shape index (κ3) is 3.08. The number of hydrogen-bond donors (Lipinski definition) is 2. The molecular formula is C16H18N4O3. The fraction of sp³-hybridized carbons (Fsp3) is 0.375. The van der Waals surface area contributed by atoms with Gasteiger partial charge in [-0.1, -0.05) is 22.9 Å². The maximum absolute atomic E-state index is 12.3. The second kappa shape index (κ2) is 5.83. The van der Waals surface area contributed by atoms with E-state index < -0.39 is 17.9 Å². The van der Waals surface area contributed by atoms with Crippen molar-refractivity contribution in [2.75, 3.05) is 0 Å². The van der Waals surface area contributed by atoms with Crippen molar-refractivity contribution in [2.45, 2.75) is 32.7 Å². The van der Waals surface area contributed by atoms with Gasteiger partial charge < -0.3 is 10.4 Å². The number of aromatic nitrogens is 3. The second-order valence-electron chi connectivity index (χ2n) is 5.90. The summed E-state index contributed by atoms with van der Waals surface area (Å²) in [6.45, 7) is 3.72. The molecule has 1 saturated carbocycles. The minimum Gasteiger partial charge on any atom is -0.480 e. The van der Waals surface area contributed by atoms with Crippen molar-refractivity contribution in [3.05, 3.63) is 41.2 Å². The molecule has 2 N–H and O–H groups in total. The van der Waals surface area contributed by atoms with Gasteiger partial charge in [0.2, 0.25) is 0 Å². The van der Waals surface area contributed by atoms with Gasteiger partial charge in [0.05, 0.1) is 11.4 Å². The molecule has 120 valence electrons. The zero-order valence-electron chi connectivity index (χ0n) is 13.0. The van der Waals surface area contributed by atoms with Crippen LogP contribution in [0.2, 0.25) is 0 Å². The van der Waals surface area contributed by atoms with Crippen LogP contribution in [-0.2, 0) is 4.79 Å². The van der Waals surface area contributed by atoms with E-state index >= 15 is 0 Å². The number of hydrogen-bond acceptors (Lipinski definition) is 4. The predicted molar refractivity (Wildman–Crippen MR) is 82.4 cm³/mol. The van der Waals surface area contributed by atoms with Gasteiger partial charge in [0.1, 0.15) is 6.04 Å². The van der Waals surface area contributed by atoms with Crippen molar-refractivity contribution in [2.24, 2.45) is 5.92 Å². The Kier molecular flexibility index (Phi) is 3.85. The maximum atomic E-state index is 12.3. The van der Waals surface area contributed by atoms with Crippen LogP contribution in [-0.4, -0.2) is 38.0 Å². The quantitative estimate of drug-likeness (QED) is 0.871. The average Bonchev–Trinajstić information content (AvgIpc) is 3.28. The Balaban J connectivity index is 1.82. The van der Waals surface area contributed by atoms with Crippen LogP contribution in [0.3, 0.4) is 0 Å². The Bertz CT molecular complexity index is 747. The molecule has 0 saturated heterocycles. The number of carboxylic acid groups (broad SMARTS) is 1. The van der Waals surface area contributed by atoms with Gasteiger partial charge in [-0.15, -0.1) is 5.10 Å². The maximum Gasteiger partial charge on any atom is 0.326 e. The molecule has 7 heteroatoms. The molecule has 1 unspecified atom stereocenters. The van der Waals surface area contributed by atoms with E-state index in [4.69, 9.17) is 0 Å². The van der Waals surface area contributed by atoms with Crippen LogP contribution in [0.25, 0.3) is 5.69 Å². The Morgan fingerprint density at radius 1 is 1.26 bits per heavy atom. The third-order valence-corrected chi connectivity index (χ3v) is 4.03. The highest BCUT2D eigenvalue weighted by Crippen LogP contribution is 2.32. The van der Waals surface area contributed by atoms with Crippen molar-refractivity contribution in [1.82, 2.24) is 20.3 Å². The molecule has 23 heavy (non-hydrogen) atoms. The van der Waals surface area contributed by atoms with Gasteiger partial charge in [-0.2, -0.15) is 0 Å². The number of aliphatic carboxylic acids is 1. The molecular weight excluding hydrogens is 296 g/mol. The second-order valence-corrected chi connectivity index (χ2v) is 5.90. The molecule has 1 amide bonds. The van der Waals surface area contributed by atoms with E-state index in [1.807, 2.05) is 31.2 Å². The van der Waals surface area contributed by atoms with Gasteiger partial charge in [0.15, 0.2) is 5.69 Å². The number of rotatable bonds is 5. The smallest absolute Gasteiger partial charge is 0.326 e. The number of amides is 1. The van der Waals surface area contributed by atoms with Crippen LogP contribution in [0.4, 0.5) is 0 Å². The lowest BCUT2D eigenvalue weighted by Gasteiger charge is -2.12. The first-order chi connectivity index (χ1) is 11.0. The molecule has 0 bridgehead atoms. The highest BCUT2D eigenvalue weighted by Gasteiger charge is 2.38. The summed E-state index contributed by atoms with van der Waals surface area (Å²) in [5.74, 6) is -1.49. The van der Waals surface area contributed by atoms with Gasteiger partial charge in [0, 0.05) is 0 Å². The molecule has 2 aromatic rings. The Morgan fingerprint density at radius 3 is 2.48 bits per heavy atom. The molecule has 0 aliphatic heterocycles. The summed E-state index contributed by atoms with van der Waals surface area (Å²) in [6, 6.07) is 6.82. The summed E-state index contributed by atoms with van der Waals surface area (Å²) < 4.78 is 1.57. The van der Waals surface area contributed by atoms with Gasteiger partial charge in [-0.05, 0) is 44.7 Å². The molecule has 0 radical (unpaired) electrons. The molecule has 1 aliphatic carbocycles. The molecule has 7 nitrogen and oxygen atoms in total. The number of carboxylic acids is 1. The van der Waals surface area contributed by atoms with E-state index in [0.29, 0.717) is 5.69 Å². The van der Waals surface area contributed by atoms with E-state index in [-0.39, 0.29) is 11.6 Å². The first-order valence-electron chi connectivity index (χ1n) is 7.50. The van der Waals surface area contributed by atoms with Crippen molar-refractivity contribution in [3.8, 4) is 5.69 Å². The molecule has 3 rings (SSSR count). The predicted octanol–water partition coefficient (Wildman–Crippen LogP) is 1.48. The monoisotopic (exact) mass is 314 g/mol. The summed E-state index contributed by atoms with van der Waals surface area (Å²) in [5, 5.41) is 19.7. The molecule has 1 aliphatic rings. The Hall–Kier alpha value is -2.70. The van der Waals surface area contributed by atoms with Crippen LogP contribution in [0.15, 0.2) is 24.3 Å². The Morgan fingerprint density at radius 2 is 1.91 bits per heavy atom. The van der Waals surface area contributed by atoms with Crippen LogP contribution in [0, 0.1) is 19.8 Å². The normalized spacial score (nSPS) is 15.2. The zero-order chi connectivity index (χ0) is 16.6. The minimum absolute atomic E-state index is 0.0175. The molecule has 1 atom stereocenters.